The highest BCUT2D eigenvalue weighted by atomic mass is 16.6. The maximum Gasteiger partial charge on any atom is 0.415 e. The fourth-order valence-electron chi connectivity index (χ4n) is 3.79. The third-order valence-corrected chi connectivity index (χ3v) is 5.64. The fraction of sp³-hybridized carbons (Fsp3) is 0.241. The van der Waals surface area contributed by atoms with Crippen molar-refractivity contribution in [1.29, 1.82) is 5.26 Å². The molecule has 0 aliphatic carbocycles. The summed E-state index contributed by atoms with van der Waals surface area (Å²) in [6, 6.07) is 24.9. The molecule has 1 heterocycles. The van der Waals surface area contributed by atoms with Crippen LogP contribution in [0.25, 0.3) is 11.0 Å². The van der Waals surface area contributed by atoms with Gasteiger partial charge in [0.1, 0.15) is 23.7 Å². The summed E-state index contributed by atoms with van der Waals surface area (Å²) < 4.78 is 17.5. The van der Waals surface area contributed by atoms with Gasteiger partial charge >= 0.3 is 6.09 Å². The Morgan fingerprint density at radius 3 is 2.46 bits per heavy atom. The number of nitriles is 1. The topological polar surface area (TPSA) is 75.7 Å². The molecule has 4 aromatic rings. The van der Waals surface area contributed by atoms with Crippen molar-refractivity contribution in [3.8, 4) is 17.6 Å². The van der Waals surface area contributed by atoms with E-state index >= 15 is 0 Å². The lowest BCUT2D eigenvalue weighted by Crippen LogP contribution is -2.46. The number of benzene rings is 3. The second kappa shape index (κ2) is 10.4. The number of fused-ring (bicyclic) bond motifs is 1. The number of nitrogens with zero attached hydrogens (tertiary/aromatic N) is 2. The molecule has 1 aromatic heterocycles. The van der Waals surface area contributed by atoms with Crippen LogP contribution in [0.2, 0.25) is 0 Å². The monoisotopic (exact) mass is 468 g/mol. The van der Waals surface area contributed by atoms with E-state index in [9.17, 15) is 4.79 Å². The zero-order valence-electron chi connectivity index (χ0n) is 20.2. The predicted molar refractivity (Wildman–Crippen MR) is 134 cm³/mol. The van der Waals surface area contributed by atoms with Crippen molar-refractivity contribution in [1.82, 2.24) is 4.90 Å². The highest BCUT2D eigenvalue weighted by Gasteiger charge is 2.29. The van der Waals surface area contributed by atoms with Gasteiger partial charge in [-0.05, 0) is 56.2 Å². The number of carbonyl (C=O) groups excluding carboxylic acids is 1. The van der Waals surface area contributed by atoms with Gasteiger partial charge in [0.2, 0.25) is 0 Å². The summed E-state index contributed by atoms with van der Waals surface area (Å²) in [6.45, 7) is 6.60. The molecule has 0 spiro atoms. The van der Waals surface area contributed by atoms with Crippen LogP contribution in [-0.2, 0) is 19.6 Å². The largest absolute Gasteiger partial charge is 0.489 e. The van der Waals surface area contributed by atoms with Crippen molar-refractivity contribution in [3.63, 3.8) is 0 Å². The van der Waals surface area contributed by atoms with Crippen LogP contribution in [0.15, 0.2) is 83.5 Å². The zero-order valence-corrected chi connectivity index (χ0v) is 20.2. The molecule has 0 aliphatic heterocycles. The molecule has 6 nitrogen and oxygen atoms in total. The zero-order chi connectivity index (χ0) is 24.8. The van der Waals surface area contributed by atoms with E-state index < -0.39 is 11.6 Å². The van der Waals surface area contributed by atoms with E-state index in [-0.39, 0.29) is 13.0 Å². The Labute approximate surface area is 205 Å². The molecular formula is C29H28N2O4. The first-order chi connectivity index (χ1) is 16.8. The van der Waals surface area contributed by atoms with Gasteiger partial charge in [0, 0.05) is 17.6 Å². The minimum Gasteiger partial charge on any atom is -0.489 e. The first-order valence-electron chi connectivity index (χ1n) is 11.5. The standard InChI is InChI=1S/C29H28N2O4/c1-29(2,3)31(19-21-9-5-4-6-10-21)28(32)35-27-18-22(17-26-24(27)14-16-33-26)20-34-25-12-8-7-11-23(25)13-15-30/h4-12,14,16-18H,13,19-20H2,1-3H3. The van der Waals surface area contributed by atoms with E-state index in [1.807, 2.05) is 81.4 Å². The Morgan fingerprint density at radius 2 is 1.71 bits per heavy atom. The molecule has 6 heteroatoms. The number of rotatable bonds is 7. The minimum atomic E-state index is -0.451. The summed E-state index contributed by atoms with van der Waals surface area (Å²) in [4.78, 5) is 15.1. The highest BCUT2D eigenvalue weighted by Crippen LogP contribution is 2.31. The second-order valence-electron chi connectivity index (χ2n) is 9.27. The van der Waals surface area contributed by atoms with Gasteiger partial charge < -0.3 is 13.9 Å². The third kappa shape index (κ3) is 5.82. The maximum absolute atomic E-state index is 13.3. The van der Waals surface area contributed by atoms with Gasteiger partial charge in [-0.15, -0.1) is 0 Å². The van der Waals surface area contributed by atoms with Crippen molar-refractivity contribution >= 4 is 17.1 Å². The summed E-state index contributed by atoms with van der Waals surface area (Å²) in [5.74, 6) is 1.06. The number of hydrogen-bond donors (Lipinski definition) is 0. The van der Waals surface area contributed by atoms with Crippen molar-refractivity contribution in [2.45, 2.75) is 45.9 Å². The number of para-hydroxylation sites is 1. The second-order valence-corrected chi connectivity index (χ2v) is 9.27. The molecule has 0 aliphatic rings. The summed E-state index contributed by atoms with van der Waals surface area (Å²) in [5.41, 5.74) is 2.78. The van der Waals surface area contributed by atoms with Crippen LogP contribution in [0.5, 0.6) is 11.5 Å². The van der Waals surface area contributed by atoms with Crippen molar-refractivity contribution in [2.24, 2.45) is 0 Å². The molecule has 0 saturated heterocycles. The van der Waals surface area contributed by atoms with Crippen LogP contribution in [0.4, 0.5) is 4.79 Å². The van der Waals surface area contributed by atoms with E-state index in [1.165, 1.54) is 0 Å². The lowest BCUT2D eigenvalue weighted by atomic mass is 10.1. The molecule has 0 bridgehead atoms. The minimum absolute atomic E-state index is 0.233. The molecule has 3 aromatic carbocycles. The molecular weight excluding hydrogens is 440 g/mol. The van der Waals surface area contributed by atoms with Gasteiger partial charge in [0.25, 0.3) is 0 Å². The molecule has 0 radical (unpaired) electrons. The summed E-state index contributed by atoms with van der Waals surface area (Å²) in [6.07, 6.45) is 1.39. The molecule has 0 saturated carbocycles. The quantitative estimate of drug-likeness (QED) is 0.296. The van der Waals surface area contributed by atoms with Crippen LogP contribution in [0, 0.1) is 11.3 Å². The van der Waals surface area contributed by atoms with E-state index in [1.54, 1.807) is 23.3 Å². The lowest BCUT2D eigenvalue weighted by molar-refractivity contribution is 0.102. The normalized spacial score (nSPS) is 11.1. The van der Waals surface area contributed by atoms with Crippen LogP contribution in [0.1, 0.15) is 37.5 Å². The Hall–Kier alpha value is -4.24. The smallest absolute Gasteiger partial charge is 0.415 e. The number of carbonyl (C=O) groups is 1. The van der Waals surface area contributed by atoms with Crippen molar-refractivity contribution < 1.29 is 18.7 Å². The lowest BCUT2D eigenvalue weighted by Gasteiger charge is -2.34. The molecule has 4 rings (SSSR count). The average Bonchev–Trinajstić information content (AvgIpc) is 3.31. The number of amides is 1. The fourth-order valence-corrected chi connectivity index (χ4v) is 3.79. The van der Waals surface area contributed by atoms with Crippen molar-refractivity contribution in [2.75, 3.05) is 0 Å². The van der Waals surface area contributed by atoms with Crippen LogP contribution < -0.4 is 9.47 Å². The van der Waals surface area contributed by atoms with E-state index in [2.05, 4.69) is 6.07 Å². The number of hydrogen-bond acceptors (Lipinski definition) is 5. The molecule has 35 heavy (non-hydrogen) atoms. The van der Waals surface area contributed by atoms with Crippen LogP contribution in [0.3, 0.4) is 0 Å². The highest BCUT2D eigenvalue weighted by molar-refractivity contribution is 5.87. The van der Waals surface area contributed by atoms with Crippen molar-refractivity contribution in [3.05, 3.63) is 95.7 Å². The van der Waals surface area contributed by atoms with Gasteiger partial charge in [0.05, 0.1) is 24.1 Å². The van der Waals surface area contributed by atoms with Gasteiger partial charge in [-0.1, -0.05) is 48.5 Å². The third-order valence-electron chi connectivity index (χ3n) is 5.64. The maximum atomic E-state index is 13.3. The van der Waals surface area contributed by atoms with E-state index in [0.717, 1.165) is 16.7 Å². The Bertz CT molecular complexity index is 1350. The van der Waals surface area contributed by atoms with E-state index in [4.69, 9.17) is 19.2 Å². The SMILES string of the molecule is CC(C)(C)N(Cc1ccccc1)C(=O)Oc1cc(COc2ccccc2CC#N)cc2occc12. The Kier molecular flexibility index (Phi) is 7.07. The van der Waals surface area contributed by atoms with E-state index in [0.29, 0.717) is 29.0 Å². The first-order valence-corrected chi connectivity index (χ1v) is 11.5. The molecule has 178 valence electrons. The molecule has 0 atom stereocenters. The predicted octanol–water partition coefficient (Wildman–Crippen LogP) is 6.88. The van der Waals surface area contributed by atoms with Gasteiger partial charge in [-0.25, -0.2) is 4.79 Å². The van der Waals surface area contributed by atoms with Crippen LogP contribution >= 0.6 is 0 Å². The average molecular weight is 469 g/mol. The number of ether oxygens (including phenoxy) is 2. The summed E-state index contributed by atoms with van der Waals surface area (Å²) in [7, 11) is 0. The van der Waals surface area contributed by atoms with Gasteiger partial charge in [0.15, 0.2) is 0 Å². The summed E-state index contributed by atoms with van der Waals surface area (Å²) in [5, 5.41) is 9.78. The molecule has 1 amide bonds. The van der Waals surface area contributed by atoms with Crippen LogP contribution in [-0.4, -0.2) is 16.5 Å². The van der Waals surface area contributed by atoms with Gasteiger partial charge in [-0.2, -0.15) is 5.26 Å². The Morgan fingerprint density at radius 1 is 0.971 bits per heavy atom. The number of furan rings is 1. The Balaban J connectivity index is 1.57. The molecule has 0 N–H and O–H groups in total. The summed E-state index contributed by atoms with van der Waals surface area (Å²) >= 11 is 0. The first kappa shape index (κ1) is 23.9. The molecule has 0 fully saturated rings. The van der Waals surface area contributed by atoms with Gasteiger partial charge in [-0.3, -0.25) is 4.90 Å². The molecule has 0 unspecified atom stereocenters.